The van der Waals surface area contributed by atoms with Crippen LogP contribution in [-0.4, -0.2) is 27.6 Å². The number of ether oxygens (including phenoxy) is 1. The zero-order chi connectivity index (χ0) is 20.6. The number of amides is 2. The summed E-state index contributed by atoms with van der Waals surface area (Å²) in [5, 5.41) is 5.45. The first-order valence-corrected chi connectivity index (χ1v) is 9.39. The number of hydrogen-bond acceptors (Lipinski definition) is 4. The second-order valence-corrected chi connectivity index (χ2v) is 6.72. The maximum absolute atomic E-state index is 12.4. The summed E-state index contributed by atoms with van der Waals surface area (Å²) in [6, 6.07) is 16.3. The standard InChI is InChI=1S/C22H24N4O3/c1-16(19-8-10-20(11-9-19)26-13-12-23-15-26)24-21(27)17(2)25-22(28)29-14-18-6-4-3-5-7-18/h3-13,15-17H,14H2,1-2H3,(H,24,27)(H,25,28)/t16?,17-/m0/s1. The van der Waals surface area contributed by atoms with E-state index >= 15 is 0 Å². The van der Waals surface area contributed by atoms with Gasteiger partial charge in [-0.25, -0.2) is 9.78 Å². The number of carbonyl (C=O) groups excluding carboxylic acids is 2. The van der Waals surface area contributed by atoms with Gasteiger partial charge >= 0.3 is 6.09 Å². The third kappa shape index (κ3) is 5.68. The van der Waals surface area contributed by atoms with Gasteiger partial charge in [-0.15, -0.1) is 0 Å². The van der Waals surface area contributed by atoms with Crippen molar-refractivity contribution in [3.8, 4) is 5.69 Å². The predicted octanol–water partition coefficient (Wildman–Crippen LogP) is 3.36. The molecule has 2 aromatic carbocycles. The maximum Gasteiger partial charge on any atom is 0.408 e. The Hall–Kier alpha value is -3.61. The van der Waals surface area contributed by atoms with E-state index < -0.39 is 12.1 Å². The van der Waals surface area contributed by atoms with Crippen LogP contribution >= 0.6 is 0 Å². The minimum absolute atomic E-state index is 0.153. The predicted molar refractivity (Wildman–Crippen MR) is 109 cm³/mol. The lowest BCUT2D eigenvalue weighted by atomic mass is 10.1. The van der Waals surface area contributed by atoms with Gasteiger partial charge in [-0.05, 0) is 37.1 Å². The van der Waals surface area contributed by atoms with Crippen LogP contribution in [0, 0.1) is 0 Å². The minimum atomic E-state index is -0.717. The number of imidazole rings is 1. The molecule has 0 spiro atoms. The largest absolute Gasteiger partial charge is 0.445 e. The Kier molecular flexibility index (Phi) is 6.63. The van der Waals surface area contributed by atoms with Crippen molar-refractivity contribution in [2.75, 3.05) is 0 Å². The van der Waals surface area contributed by atoms with Crippen molar-refractivity contribution < 1.29 is 14.3 Å². The number of hydrogen-bond donors (Lipinski definition) is 2. The van der Waals surface area contributed by atoms with Gasteiger partial charge in [0.1, 0.15) is 12.6 Å². The number of benzene rings is 2. The van der Waals surface area contributed by atoms with E-state index in [-0.39, 0.29) is 18.6 Å². The number of carbonyl (C=O) groups is 2. The molecule has 1 unspecified atom stereocenters. The molecular weight excluding hydrogens is 368 g/mol. The molecule has 3 aromatic rings. The molecule has 0 aliphatic rings. The third-order valence-electron chi connectivity index (χ3n) is 4.49. The molecule has 2 amide bonds. The molecule has 7 nitrogen and oxygen atoms in total. The van der Waals surface area contributed by atoms with Crippen LogP contribution in [0.5, 0.6) is 0 Å². The molecule has 1 heterocycles. The Bertz CT molecular complexity index is 924. The Morgan fingerprint density at radius 2 is 1.76 bits per heavy atom. The van der Waals surface area contributed by atoms with E-state index in [0.29, 0.717) is 0 Å². The van der Waals surface area contributed by atoms with Crippen molar-refractivity contribution >= 4 is 12.0 Å². The summed E-state index contributed by atoms with van der Waals surface area (Å²) in [4.78, 5) is 28.3. The summed E-state index contributed by atoms with van der Waals surface area (Å²) in [6.45, 7) is 3.67. The molecular formula is C22H24N4O3. The van der Waals surface area contributed by atoms with E-state index in [1.807, 2.05) is 72.3 Å². The van der Waals surface area contributed by atoms with Crippen LogP contribution in [-0.2, 0) is 16.1 Å². The highest BCUT2D eigenvalue weighted by atomic mass is 16.5. The van der Waals surface area contributed by atoms with Crippen LogP contribution in [0.15, 0.2) is 73.3 Å². The first-order chi connectivity index (χ1) is 14.0. The van der Waals surface area contributed by atoms with Crippen LogP contribution < -0.4 is 10.6 Å². The summed E-state index contributed by atoms with van der Waals surface area (Å²) >= 11 is 0. The number of nitrogens with zero attached hydrogens (tertiary/aromatic N) is 2. The number of aromatic nitrogens is 2. The maximum atomic E-state index is 12.4. The Balaban J connectivity index is 1.47. The average molecular weight is 392 g/mol. The molecule has 3 rings (SSSR count). The van der Waals surface area contributed by atoms with Crippen molar-refractivity contribution in [3.63, 3.8) is 0 Å². The number of rotatable bonds is 7. The molecule has 2 N–H and O–H groups in total. The van der Waals surface area contributed by atoms with Gasteiger partial charge in [0.2, 0.25) is 5.91 Å². The summed E-state index contributed by atoms with van der Waals surface area (Å²) in [5.74, 6) is -0.284. The van der Waals surface area contributed by atoms with Gasteiger partial charge in [-0.1, -0.05) is 42.5 Å². The Labute approximate surface area is 169 Å². The molecule has 1 aromatic heterocycles. The van der Waals surface area contributed by atoms with Crippen molar-refractivity contribution in [1.82, 2.24) is 20.2 Å². The average Bonchev–Trinajstić information content (AvgIpc) is 3.28. The number of nitrogens with one attached hydrogen (secondary N) is 2. The van der Waals surface area contributed by atoms with E-state index in [1.54, 1.807) is 19.4 Å². The van der Waals surface area contributed by atoms with Gasteiger partial charge in [-0.2, -0.15) is 0 Å². The highest BCUT2D eigenvalue weighted by Gasteiger charge is 2.19. The first-order valence-electron chi connectivity index (χ1n) is 9.39. The van der Waals surface area contributed by atoms with Crippen molar-refractivity contribution in [1.29, 1.82) is 0 Å². The van der Waals surface area contributed by atoms with E-state index in [4.69, 9.17) is 4.74 Å². The van der Waals surface area contributed by atoms with Crippen LogP contribution in [0.3, 0.4) is 0 Å². The van der Waals surface area contributed by atoms with Crippen LogP contribution in [0.2, 0.25) is 0 Å². The lowest BCUT2D eigenvalue weighted by Crippen LogP contribution is -2.45. The molecule has 2 atom stereocenters. The third-order valence-corrected chi connectivity index (χ3v) is 4.49. The fraction of sp³-hybridized carbons (Fsp3) is 0.227. The minimum Gasteiger partial charge on any atom is -0.445 e. The summed E-state index contributed by atoms with van der Waals surface area (Å²) < 4.78 is 7.05. The second-order valence-electron chi connectivity index (χ2n) is 6.72. The highest BCUT2D eigenvalue weighted by molar-refractivity contribution is 5.85. The second kappa shape index (κ2) is 9.54. The fourth-order valence-electron chi connectivity index (χ4n) is 2.78. The van der Waals surface area contributed by atoms with Crippen LogP contribution in [0.4, 0.5) is 4.79 Å². The van der Waals surface area contributed by atoms with Gasteiger partial charge in [-0.3, -0.25) is 4.79 Å². The van der Waals surface area contributed by atoms with E-state index in [1.165, 1.54) is 0 Å². The van der Waals surface area contributed by atoms with Gasteiger partial charge in [0, 0.05) is 18.1 Å². The fourth-order valence-corrected chi connectivity index (χ4v) is 2.78. The summed E-state index contributed by atoms with van der Waals surface area (Å²) in [5.41, 5.74) is 2.83. The van der Waals surface area contributed by atoms with E-state index in [0.717, 1.165) is 16.8 Å². The SMILES string of the molecule is CC(NC(=O)[C@H](C)NC(=O)OCc1ccccc1)c1ccc(-n2ccnc2)cc1. The lowest BCUT2D eigenvalue weighted by molar-refractivity contribution is -0.123. The molecule has 7 heteroatoms. The topological polar surface area (TPSA) is 85.3 Å². The quantitative estimate of drug-likeness (QED) is 0.646. The van der Waals surface area contributed by atoms with Gasteiger partial charge in [0.25, 0.3) is 0 Å². The highest BCUT2D eigenvalue weighted by Crippen LogP contribution is 2.15. The first kappa shape index (κ1) is 20.1. The number of alkyl carbamates (subject to hydrolysis) is 1. The molecule has 0 fully saturated rings. The molecule has 150 valence electrons. The van der Waals surface area contributed by atoms with E-state index in [9.17, 15) is 9.59 Å². The molecule has 0 aliphatic heterocycles. The van der Waals surface area contributed by atoms with Gasteiger partial charge in [0.15, 0.2) is 0 Å². The van der Waals surface area contributed by atoms with Crippen LogP contribution in [0.25, 0.3) is 5.69 Å². The molecule has 0 saturated carbocycles. The van der Waals surface area contributed by atoms with Crippen molar-refractivity contribution in [2.24, 2.45) is 0 Å². The smallest absolute Gasteiger partial charge is 0.408 e. The Morgan fingerprint density at radius 3 is 2.41 bits per heavy atom. The van der Waals surface area contributed by atoms with Gasteiger partial charge in [0.05, 0.1) is 12.4 Å². The van der Waals surface area contributed by atoms with Crippen LogP contribution in [0.1, 0.15) is 31.0 Å². The zero-order valence-electron chi connectivity index (χ0n) is 16.4. The molecule has 0 aliphatic carbocycles. The van der Waals surface area contributed by atoms with Gasteiger partial charge < -0.3 is 19.9 Å². The van der Waals surface area contributed by atoms with E-state index in [2.05, 4.69) is 15.6 Å². The molecule has 29 heavy (non-hydrogen) atoms. The monoisotopic (exact) mass is 392 g/mol. The lowest BCUT2D eigenvalue weighted by Gasteiger charge is -2.19. The summed E-state index contributed by atoms with van der Waals surface area (Å²) in [7, 11) is 0. The normalized spacial score (nSPS) is 12.6. The molecule has 0 radical (unpaired) electrons. The molecule has 0 saturated heterocycles. The van der Waals surface area contributed by atoms with Crippen molar-refractivity contribution in [3.05, 3.63) is 84.4 Å². The summed E-state index contributed by atoms with van der Waals surface area (Å²) in [6.07, 6.45) is 4.68. The molecule has 0 bridgehead atoms. The van der Waals surface area contributed by atoms with Crippen molar-refractivity contribution in [2.45, 2.75) is 32.5 Å². The zero-order valence-corrected chi connectivity index (χ0v) is 16.4. The Morgan fingerprint density at radius 1 is 1.03 bits per heavy atom.